The first-order chi connectivity index (χ1) is 23.2. The number of alkyl halides is 6. The van der Waals surface area contributed by atoms with Gasteiger partial charge in [0.15, 0.2) is 0 Å². The highest BCUT2D eigenvalue weighted by molar-refractivity contribution is 6.33. The van der Waals surface area contributed by atoms with E-state index in [1.807, 2.05) is 4.90 Å². The molecule has 1 aliphatic heterocycles. The van der Waals surface area contributed by atoms with Crippen molar-refractivity contribution >= 4 is 23.5 Å². The lowest BCUT2D eigenvalue weighted by Gasteiger charge is -2.31. The Labute approximate surface area is 289 Å². The number of aliphatic carboxylic acids is 1. The number of amides is 1. The molecule has 0 radical (unpaired) electrons. The van der Waals surface area contributed by atoms with E-state index in [-0.39, 0.29) is 57.2 Å². The number of aromatic nitrogens is 1. The van der Waals surface area contributed by atoms with Crippen molar-refractivity contribution < 1.29 is 45.4 Å². The third kappa shape index (κ3) is 9.05. The van der Waals surface area contributed by atoms with Crippen LogP contribution in [0.15, 0.2) is 41.3 Å². The van der Waals surface area contributed by atoms with Crippen LogP contribution in [0.4, 0.5) is 30.7 Å². The van der Waals surface area contributed by atoms with Crippen molar-refractivity contribution in [2.24, 2.45) is 5.92 Å². The second-order valence-electron chi connectivity index (χ2n) is 13.0. The van der Waals surface area contributed by atoms with Crippen LogP contribution in [0.2, 0.25) is 5.02 Å². The van der Waals surface area contributed by atoms with Crippen molar-refractivity contribution in [2.75, 3.05) is 19.6 Å². The van der Waals surface area contributed by atoms with E-state index in [2.05, 4.69) is 5.32 Å². The summed E-state index contributed by atoms with van der Waals surface area (Å²) in [5.74, 6) is -3.55. The number of likely N-dealkylation sites (tertiary alicyclic amines) is 1. The molecule has 1 aliphatic rings. The molecule has 1 saturated heterocycles. The van der Waals surface area contributed by atoms with E-state index in [1.165, 1.54) is 26.0 Å². The molecule has 272 valence electrons. The molecule has 2 N–H and O–H groups in total. The van der Waals surface area contributed by atoms with Crippen molar-refractivity contribution in [1.29, 1.82) is 0 Å². The van der Waals surface area contributed by atoms with Gasteiger partial charge in [0.1, 0.15) is 11.9 Å². The Bertz CT molecular complexity index is 1790. The number of hydrogen-bond acceptors (Lipinski definition) is 4. The second kappa shape index (κ2) is 15.1. The molecular formula is C35H37ClF7N3O4. The summed E-state index contributed by atoms with van der Waals surface area (Å²) in [4.78, 5) is 41.1. The fraction of sp³-hybridized carbons (Fsp3) is 0.457. The average molecular weight is 732 g/mol. The minimum atomic E-state index is -4.83. The quantitative estimate of drug-likeness (QED) is 0.184. The maximum atomic E-state index is 15.8. The number of nitrogens with zero attached hydrogens (tertiary/aromatic N) is 2. The highest BCUT2D eigenvalue weighted by Crippen LogP contribution is 2.40. The molecule has 1 unspecified atom stereocenters. The van der Waals surface area contributed by atoms with Crippen LogP contribution < -0.4 is 10.9 Å². The molecule has 2 atom stereocenters. The number of carboxylic acid groups (broad SMARTS) is 1. The van der Waals surface area contributed by atoms with Crippen LogP contribution in [0.3, 0.4) is 0 Å². The number of carbonyl (C=O) groups is 2. The van der Waals surface area contributed by atoms with Gasteiger partial charge in [-0.1, -0.05) is 25.4 Å². The molecular weight excluding hydrogens is 695 g/mol. The smallest absolute Gasteiger partial charge is 0.416 e. The van der Waals surface area contributed by atoms with Crippen LogP contribution in [0, 0.1) is 25.6 Å². The summed E-state index contributed by atoms with van der Waals surface area (Å²) >= 11 is 6.28. The first-order valence-electron chi connectivity index (χ1n) is 15.9. The molecule has 1 amide bonds. The Morgan fingerprint density at radius 1 is 0.980 bits per heavy atom. The van der Waals surface area contributed by atoms with E-state index in [1.54, 1.807) is 13.8 Å². The number of pyridine rings is 1. The molecule has 1 fully saturated rings. The number of rotatable bonds is 12. The Morgan fingerprint density at radius 3 is 2.16 bits per heavy atom. The molecule has 0 aliphatic carbocycles. The zero-order valence-electron chi connectivity index (χ0n) is 27.7. The highest BCUT2D eigenvalue weighted by Gasteiger charge is 2.37. The molecule has 3 aromatic rings. The average Bonchev–Trinajstić information content (AvgIpc) is 2.95. The zero-order valence-corrected chi connectivity index (χ0v) is 28.5. The standard InChI is InChI=1S/C35H37ClF7N3O4/c1-18(2)10-28(46-17-21(6-9-45-7-5-8-45)25(15-29(46)47)35(41,42)43)33(50)44-27(16-30(48)49)24-13-22(11-20(4)32(24)37)31-19(3)12-23(14-26(31)36)34(38,39)40/h11-15,17-18,27-28H,5-10,16H2,1-4H3,(H,44,50)(H,48,49)/t27-,28?/m0/s1. The fourth-order valence-corrected chi connectivity index (χ4v) is 6.50. The summed E-state index contributed by atoms with van der Waals surface area (Å²) in [7, 11) is 0. The molecule has 4 rings (SSSR count). The van der Waals surface area contributed by atoms with Crippen LogP contribution in [-0.4, -0.2) is 46.1 Å². The molecule has 7 nitrogen and oxygen atoms in total. The molecule has 1 aromatic heterocycles. The number of carbonyl (C=O) groups excluding carboxylic acids is 1. The van der Waals surface area contributed by atoms with E-state index < -0.39 is 65.2 Å². The zero-order chi connectivity index (χ0) is 37.3. The number of hydrogen-bond donors (Lipinski definition) is 2. The molecule has 50 heavy (non-hydrogen) atoms. The molecule has 15 heteroatoms. The van der Waals surface area contributed by atoms with Gasteiger partial charge in [-0.15, -0.1) is 0 Å². The monoisotopic (exact) mass is 731 g/mol. The first-order valence-corrected chi connectivity index (χ1v) is 16.3. The number of nitrogens with one attached hydrogen (secondary N) is 1. The minimum absolute atomic E-state index is 0.0259. The van der Waals surface area contributed by atoms with Gasteiger partial charge in [-0.05, 0) is 98.6 Å². The largest absolute Gasteiger partial charge is 0.481 e. The van der Waals surface area contributed by atoms with Crippen LogP contribution in [0.25, 0.3) is 11.1 Å². The summed E-state index contributed by atoms with van der Waals surface area (Å²) < 4.78 is 98.9. The van der Waals surface area contributed by atoms with Gasteiger partial charge in [0.05, 0.1) is 23.6 Å². The summed E-state index contributed by atoms with van der Waals surface area (Å²) in [5.41, 5.74) is -3.36. The molecule has 0 saturated carbocycles. The fourth-order valence-electron chi connectivity index (χ4n) is 6.13. The van der Waals surface area contributed by atoms with Crippen molar-refractivity contribution in [3.8, 4) is 11.1 Å². The van der Waals surface area contributed by atoms with Crippen molar-refractivity contribution in [3.05, 3.63) is 91.1 Å². The van der Waals surface area contributed by atoms with Gasteiger partial charge in [-0.3, -0.25) is 14.4 Å². The first kappa shape index (κ1) is 38.9. The highest BCUT2D eigenvalue weighted by atomic mass is 35.5. The van der Waals surface area contributed by atoms with E-state index in [9.17, 15) is 45.8 Å². The third-order valence-corrected chi connectivity index (χ3v) is 9.00. The maximum absolute atomic E-state index is 15.8. The Hall–Kier alpha value is -3.91. The van der Waals surface area contributed by atoms with Crippen LogP contribution >= 0.6 is 11.6 Å². The molecule has 0 spiro atoms. The van der Waals surface area contributed by atoms with E-state index in [4.69, 9.17) is 11.6 Å². The van der Waals surface area contributed by atoms with Crippen molar-refractivity contribution in [1.82, 2.24) is 14.8 Å². The number of aryl methyl sites for hydroxylation is 2. The predicted octanol–water partition coefficient (Wildman–Crippen LogP) is 8.13. The number of carboxylic acids is 1. The Balaban J connectivity index is 1.78. The lowest BCUT2D eigenvalue weighted by Crippen LogP contribution is -2.41. The van der Waals surface area contributed by atoms with Gasteiger partial charge in [-0.2, -0.15) is 26.3 Å². The van der Waals surface area contributed by atoms with Gasteiger partial charge in [0.2, 0.25) is 5.91 Å². The Kier molecular flexibility index (Phi) is 11.8. The van der Waals surface area contributed by atoms with Gasteiger partial charge < -0.3 is 19.9 Å². The minimum Gasteiger partial charge on any atom is -0.481 e. The molecule has 0 bridgehead atoms. The SMILES string of the molecule is Cc1cc(-c2c(C)cc(C(F)(F)F)cc2Cl)cc([C@H](CC(=O)O)NC(=O)C(CC(C)C)n2cc(CCN3CCC3)c(C(F)(F)F)cc2=O)c1F. The van der Waals surface area contributed by atoms with Crippen LogP contribution in [0.5, 0.6) is 0 Å². The topological polar surface area (TPSA) is 91.6 Å². The van der Waals surface area contributed by atoms with Gasteiger partial charge in [0.25, 0.3) is 5.56 Å². The number of halogens is 8. The summed E-state index contributed by atoms with van der Waals surface area (Å²) in [6.45, 7) is 7.93. The van der Waals surface area contributed by atoms with Crippen LogP contribution in [-0.2, 0) is 28.4 Å². The van der Waals surface area contributed by atoms with Gasteiger partial charge in [-0.25, -0.2) is 4.39 Å². The lowest BCUT2D eigenvalue weighted by atomic mass is 9.91. The molecule has 2 aromatic carbocycles. The van der Waals surface area contributed by atoms with E-state index in [0.717, 1.165) is 42.4 Å². The maximum Gasteiger partial charge on any atom is 0.416 e. The van der Waals surface area contributed by atoms with E-state index >= 15 is 4.39 Å². The summed E-state index contributed by atoms with van der Waals surface area (Å²) in [6, 6.07) is 1.59. The lowest BCUT2D eigenvalue weighted by molar-refractivity contribution is -0.139. The summed E-state index contributed by atoms with van der Waals surface area (Å²) in [5, 5.41) is 12.0. The third-order valence-electron chi connectivity index (χ3n) is 8.70. The normalized spacial score (nSPS) is 15.1. The predicted molar refractivity (Wildman–Crippen MR) is 173 cm³/mol. The van der Waals surface area contributed by atoms with Crippen molar-refractivity contribution in [2.45, 2.75) is 77.8 Å². The van der Waals surface area contributed by atoms with Crippen molar-refractivity contribution in [3.63, 3.8) is 0 Å². The van der Waals surface area contributed by atoms with Crippen LogP contribution in [0.1, 0.15) is 78.6 Å². The van der Waals surface area contributed by atoms with Gasteiger partial charge in [0, 0.05) is 35.0 Å². The Morgan fingerprint density at radius 2 is 1.64 bits per heavy atom. The number of benzene rings is 2. The van der Waals surface area contributed by atoms with E-state index in [0.29, 0.717) is 12.6 Å². The van der Waals surface area contributed by atoms with Gasteiger partial charge >= 0.3 is 18.3 Å². The second-order valence-corrected chi connectivity index (χ2v) is 13.5. The molecule has 2 heterocycles. The summed E-state index contributed by atoms with van der Waals surface area (Å²) in [6.07, 6.45) is -8.52.